The predicted octanol–water partition coefficient (Wildman–Crippen LogP) is 4.38. The molecule has 0 bridgehead atoms. The van der Waals surface area contributed by atoms with E-state index in [0.717, 1.165) is 21.4 Å². The molecule has 0 saturated heterocycles. The quantitative estimate of drug-likeness (QED) is 0.908. The van der Waals surface area contributed by atoms with Crippen LogP contribution in [0, 0.1) is 5.82 Å². The standard InChI is InChI=1S/C15H16BrFN2/c1-10(18)14-8-7-13(9-15(14)16)19(2)12-5-3-11(17)4-6-12/h3-10H,18H2,1-2H3/t10-/m0/s1. The van der Waals surface area contributed by atoms with Crippen LogP contribution in [-0.2, 0) is 0 Å². The minimum atomic E-state index is -0.231. The maximum Gasteiger partial charge on any atom is 0.123 e. The monoisotopic (exact) mass is 322 g/mol. The molecule has 0 aliphatic rings. The highest BCUT2D eigenvalue weighted by atomic mass is 79.9. The second-order valence-corrected chi connectivity index (χ2v) is 5.38. The van der Waals surface area contributed by atoms with Crippen LogP contribution in [0.3, 0.4) is 0 Å². The van der Waals surface area contributed by atoms with Crippen LogP contribution in [0.2, 0.25) is 0 Å². The Bertz CT molecular complexity index is 567. The van der Waals surface area contributed by atoms with Gasteiger partial charge in [0.1, 0.15) is 5.82 Å². The first-order chi connectivity index (χ1) is 8.99. The SMILES string of the molecule is C[C@H](N)c1ccc(N(C)c2ccc(F)cc2)cc1Br. The van der Waals surface area contributed by atoms with Crippen LogP contribution in [-0.4, -0.2) is 7.05 Å². The van der Waals surface area contributed by atoms with Crippen molar-refractivity contribution >= 4 is 27.3 Å². The summed E-state index contributed by atoms with van der Waals surface area (Å²) in [5.41, 5.74) is 8.90. The summed E-state index contributed by atoms with van der Waals surface area (Å²) in [7, 11) is 1.94. The van der Waals surface area contributed by atoms with E-state index in [0.29, 0.717) is 0 Å². The highest BCUT2D eigenvalue weighted by Crippen LogP contribution is 2.30. The van der Waals surface area contributed by atoms with Gasteiger partial charge in [-0.25, -0.2) is 4.39 Å². The molecule has 2 N–H and O–H groups in total. The highest BCUT2D eigenvalue weighted by Gasteiger charge is 2.09. The number of rotatable bonds is 3. The Morgan fingerprint density at radius 2 is 1.68 bits per heavy atom. The van der Waals surface area contributed by atoms with Gasteiger partial charge in [0.15, 0.2) is 0 Å². The average molecular weight is 323 g/mol. The van der Waals surface area contributed by atoms with Crippen LogP contribution in [0.5, 0.6) is 0 Å². The van der Waals surface area contributed by atoms with Gasteiger partial charge >= 0.3 is 0 Å². The van der Waals surface area contributed by atoms with Crippen molar-refractivity contribution in [2.45, 2.75) is 13.0 Å². The smallest absolute Gasteiger partial charge is 0.123 e. The third-order valence-corrected chi connectivity index (χ3v) is 3.76. The van der Waals surface area contributed by atoms with E-state index in [-0.39, 0.29) is 11.9 Å². The van der Waals surface area contributed by atoms with Crippen molar-refractivity contribution in [1.29, 1.82) is 0 Å². The molecule has 4 heteroatoms. The second kappa shape index (κ2) is 5.72. The maximum absolute atomic E-state index is 12.9. The number of halogens is 2. The summed E-state index contributed by atoms with van der Waals surface area (Å²) in [5, 5.41) is 0. The summed E-state index contributed by atoms with van der Waals surface area (Å²) in [6.07, 6.45) is 0. The van der Waals surface area contributed by atoms with Gasteiger partial charge in [-0.05, 0) is 48.9 Å². The number of benzene rings is 2. The number of hydrogen-bond donors (Lipinski definition) is 1. The van der Waals surface area contributed by atoms with Gasteiger partial charge in [0.05, 0.1) is 0 Å². The highest BCUT2D eigenvalue weighted by molar-refractivity contribution is 9.10. The number of nitrogens with zero attached hydrogens (tertiary/aromatic N) is 1. The second-order valence-electron chi connectivity index (χ2n) is 4.53. The molecule has 0 radical (unpaired) electrons. The Hall–Kier alpha value is -1.39. The van der Waals surface area contributed by atoms with E-state index in [1.54, 1.807) is 12.1 Å². The molecule has 0 amide bonds. The van der Waals surface area contributed by atoms with Crippen LogP contribution >= 0.6 is 15.9 Å². The van der Waals surface area contributed by atoms with E-state index in [4.69, 9.17) is 5.73 Å². The Balaban J connectivity index is 2.31. The maximum atomic E-state index is 12.9. The van der Waals surface area contributed by atoms with E-state index in [9.17, 15) is 4.39 Å². The van der Waals surface area contributed by atoms with Crippen molar-refractivity contribution in [2.75, 3.05) is 11.9 Å². The molecule has 100 valence electrons. The molecule has 0 aromatic heterocycles. The summed E-state index contributed by atoms with van der Waals surface area (Å²) < 4.78 is 13.9. The Labute approximate surface area is 121 Å². The molecule has 0 spiro atoms. The fourth-order valence-corrected chi connectivity index (χ4v) is 2.64. The minimum Gasteiger partial charge on any atom is -0.345 e. The van der Waals surface area contributed by atoms with Crippen LogP contribution in [0.25, 0.3) is 0 Å². The van der Waals surface area contributed by atoms with Gasteiger partial charge in [-0.2, -0.15) is 0 Å². The van der Waals surface area contributed by atoms with Crippen molar-refractivity contribution in [1.82, 2.24) is 0 Å². The molecule has 0 unspecified atom stereocenters. The molecule has 2 aromatic carbocycles. The predicted molar refractivity (Wildman–Crippen MR) is 81.2 cm³/mol. The van der Waals surface area contributed by atoms with E-state index < -0.39 is 0 Å². The lowest BCUT2D eigenvalue weighted by Gasteiger charge is -2.21. The Morgan fingerprint density at radius 1 is 1.11 bits per heavy atom. The molecular formula is C15H16BrFN2. The van der Waals surface area contributed by atoms with E-state index in [1.165, 1.54) is 12.1 Å². The van der Waals surface area contributed by atoms with Gasteiger partial charge in [0.25, 0.3) is 0 Å². The summed E-state index contributed by atoms with van der Waals surface area (Å²) in [5.74, 6) is -0.231. The lowest BCUT2D eigenvalue weighted by Crippen LogP contribution is -2.11. The fourth-order valence-electron chi connectivity index (χ4n) is 1.91. The van der Waals surface area contributed by atoms with Crippen molar-refractivity contribution in [3.05, 3.63) is 58.3 Å². The summed E-state index contributed by atoms with van der Waals surface area (Å²) >= 11 is 3.53. The largest absolute Gasteiger partial charge is 0.345 e. The van der Waals surface area contributed by atoms with E-state index >= 15 is 0 Å². The van der Waals surface area contributed by atoms with Crippen molar-refractivity contribution < 1.29 is 4.39 Å². The van der Waals surface area contributed by atoms with Crippen LogP contribution in [0.15, 0.2) is 46.9 Å². The first-order valence-electron chi connectivity index (χ1n) is 6.03. The average Bonchev–Trinajstić information content (AvgIpc) is 2.38. The molecule has 0 aliphatic heterocycles. The summed E-state index contributed by atoms with van der Waals surface area (Å²) in [6.45, 7) is 1.95. The van der Waals surface area contributed by atoms with Crippen molar-refractivity contribution in [3.63, 3.8) is 0 Å². The number of anilines is 2. The Kier molecular flexibility index (Phi) is 4.22. The summed E-state index contributed by atoms with van der Waals surface area (Å²) in [4.78, 5) is 2.00. The molecular weight excluding hydrogens is 307 g/mol. The van der Waals surface area contributed by atoms with E-state index in [1.807, 2.05) is 37.1 Å². The molecule has 0 heterocycles. The van der Waals surface area contributed by atoms with Gasteiger partial charge in [0.2, 0.25) is 0 Å². The third kappa shape index (κ3) is 3.14. The first kappa shape index (κ1) is 14.0. The fraction of sp³-hybridized carbons (Fsp3) is 0.200. The van der Waals surface area contributed by atoms with Gasteiger partial charge in [-0.15, -0.1) is 0 Å². The Morgan fingerprint density at radius 3 is 2.21 bits per heavy atom. The first-order valence-corrected chi connectivity index (χ1v) is 6.82. The molecule has 2 nitrogen and oxygen atoms in total. The molecule has 0 fully saturated rings. The molecule has 1 atom stereocenters. The normalized spacial score (nSPS) is 12.3. The van der Waals surface area contributed by atoms with Crippen LogP contribution in [0.1, 0.15) is 18.5 Å². The zero-order valence-corrected chi connectivity index (χ0v) is 12.5. The third-order valence-electron chi connectivity index (χ3n) is 3.08. The lowest BCUT2D eigenvalue weighted by molar-refractivity contribution is 0.628. The van der Waals surface area contributed by atoms with Crippen molar-refractivity contribution in [2.24, 2.45) is 5.73 Å². The topological polar surface area (TPSA) is 29.3 Å². The molecule has 0 aliphatic carbocycles. The van der Waals surface area contributed by atoms with Gasteiger partial charge in [-0.3, -0.25) is 0 Å². The zero-order valence-electron chi connectivity index (χ0n) is 10.9. The number of nitrogens with two attached hydrogens (primary N) is 1. The van der Waals surface area contributed by atoms with Crippen molar-refractivity contribution in [3.8, 4) is 0 Å². The molecule has 2 rings (SSSR count). The molecule has 2 aromatic rings. The van der Waals surface area contributed by atoms with Gasteiger partial charge in [-0.1, -0.05) is 22.0 Å². The van der Waals surface area contributed by atoms with Crippen LogP contribution in [0.4, 0.5) is 15.8 Å². The van der Waals surface area contributed by atoms with E-state index in [2.05, 4.69) is 15.9 Å². The zero-order chi connectivity index (χ0) is 14.0. The minimum absolute atomic E-state index is 0.0143. The molecule has 0 saturated carbocycles. The van der Waals surface area contributed by atoms with Crippen LogP contribution < -0.4 is 10.6 Å². The lowest BCUT2D eigenvalue weighted by atomic mass is 10.1. The molecule has 19 heavy (non-hydrogen) atoms. The van der Waals surface area contributed by atoms with Gasteiger partial charge < -0.3 is 10.6 Å². The summed E-state index contributed by atoms with van der Waals surface area (Å²) in [6, 6.07) is 12.4. The number of hydrogen-bond acceptors (Lipinski definition) is 2. The van der Waals surface area contributed by atoms with Gasteiger partial charge in [0, 0.05) is 28.9 Å².